The van der Waals surface area contributed by atoms with Crippen molar-refractivity contribution in [2.24, 2.45) is 0 Å². The highest BCUT2D eigenvalue weighted by molar-refractivity contribution is 7.92. The van der Waals surface area contributed by atoms with Crippen LogP contribution in [0.3, 0.4) is 0 Å². The minimum absolute atomic E-state index is 0.123. The van der Waals surface area contributed by atoms with Crippen LogP contribution < -0.4 is 0 Å². The summed E-state index contributed by atoms with van der Waals surface area (Å²) in [6, 6.07) is 4.85. The second-order valence-electron chi connectivity index (χ2n) is 5.76. The van der Waals surface area contributed by atoms with Gasteiger partial charge in [-0.3, -0.25) is 0 Å². The molecule has 0 fully saturated rings. The van der Waals surface area contributed by atoms with Gasteiger partial charge in [0.15, 0.2) is 9.84 Å². The van der Waals surface area contributed by atoms with Crippen molar-refractivity contribution < 1.29 is 18.3 Å². The second-order valence-corrected chi connectivity index (χ2v) is 8.40. The number of sulfone groups is 1. The van der Waals surface area contributed by atoms with E-state index in [1.54, 1.807) is 37.5 Å². The number of aromatic carboxylic acids is 1. The van der Waals surface area contributed by atoms with Crippen molar-refractivity contribution in [1.82, 2.24) is 9.55 Å². The Kier molecular flexibility index (Phi) is 3.57. The van der Waals surface area contributed by atoms with Gasteiger partial charge in [0, 0.05) is 12.8 Å². The maximum Gasteiger partial charge on any atom is 0.337 e. The molecule has 114 valence electrons. The molecule has 0 bridgehead atoms. The fraction of sp³-hybridized carbons (Fsp3) is 0.429. The average molecular weight is 310 g/mol. The number of aryl methyl sites for hydroxylation is 1. The standard InChI is InChI=1S/C14H18N2O4S/c1-9-15-11-7-5-6-10(13(17)18)12(11)16(9)8-14(2,3)21(4,19)20/h5-7H,8H2,1-4H3,(H,17,18). The molecule has 2 rings (SSSR count). The Morgan fingerprint density at radius 2 is 2.00 bits per heavy atom. The molecule has 0 amide bonds. The number of hydrogen-bond acceptors (Lipinski definition) is 4. The number of benzene rings is 1. The normalized spacial score (nSPS) is 12.8. The summed E-state index contributed by atoms with van der Waals surface area (Å²) >= 11 is 0. The summed E-state index contributed by atoms with van der Waals surface area (Å²) < 4.78 is 24.4. The molecule has 6 nitrogen and oxygen atoms in total. The Morgan fingerprint density at radius 3 is 2.52 bits per heavy atom. The molecule has 0 aliphatic heterocycles. The van der Waals surface area contributed by atoms with Gasteiger partial charge >= 0.3 is 5.97 Å². The first-order valence-electron chi connectivity index (χ1n) is 6.43. The summed E-state index contributed by atoms with van der Waals surface area (Å²) in [5.41, 5.74) is 1.13. The molecule has 1 aromatic carbocycles. The van der Waals surface area contributed by atoms with E-state index in [0.29, 0.717) is 16.9 Å². The molecule has 0 aliphatic rings. The first kappa shape index (κ1) is 15.5. The van der Waals surface area contributed by atoms with E-state index in [0.717, 1.165) is 0 Å². The Morgan fingerprint density at radius 1 is 1.38 bits per heavy atom. The molecule has 0 atom stereocenters. The molecule has 0 spiro atoms. The maximum atomic E-state index is 11.9. The highest BCUT2D eigenvalue weighted by Crippen LogP contribution is 2.25. The Bertz CT molecular complexity index is 819. The number of rotatable bonds is 4. The van der Waals surface area contributed by atoms with Crippen LogP contribution in [0.1, 0.15) is 30.0 Å². The number of imidazole rings is 1. The van der Waals surface area contributed by atoms with E-state index in [-0.39, 0.29) is 12.1 Å². The van der Waals surface area contributed by atoms with Gasteiger partial charge in [0.05, 0.1) is 21.3 Å². The Labute approximate surface area is 123 Å². The van der Waals surface area contributed by atoms with Gasteiger partial charge in [-0.2, -0.15) is 0 Å². The van der Waals surface area contributed by atoms with E-state index in [2.05, 4.69) is 4.98 Å². The topological polar surface area (TPSA) is 89.3 Å². The quantitative estimate of drug-likeness (QED) is 0.931. The SMILES string of the molecule is Cc1nc2cccc(C(=O)O)c2n1CC(C)(C)S(C)(=O)=O. The van der Waals surface area contributed by atoms with E-state index >= 15 is 0 Å². The molecule has 0 saturated heterocycles. The van der Waals surface area contributed by atoms with E-state index in [1.807, 2.05) is 0 Å². The molecule has 0 radical (unpaired) electrons. The van der Waals surface area contributed by atoms with Crippen molar-refractivity contribution in [3.63, 3.8) is 0 Å². The summed E-state index contributed by atoms with van der Waals surface area (Å²) in [5, 5.41) is 9.32. The lowest BCUT2D eigenvalue weighted by atomic mass is 10.1. The van der Waals surface area contributed by atoms with Gasteiger partial charge in [-0.25, -0.2) is 18.2 Å². The summed E-state index contributed by atoms with van der Waals surface area (Å²) in [5.74, 6) is -0.464. The summed E-state index contributed by atoms with van der Waals surface area (Å²) in [7, 11) is -3.29. The summed E-state index contributed by atoms with van der Waals surface area (Å²) in [4.78, 5) is 15.7. The van der Waals surface area contributed by atoms with Gasteiger partial charge in [0.25, 0.3) is 0 Å². The second kappa shape index (κ2) is 4.84. The van der Waals surface area contributed by atoms with Crippen LogP contribution in [-0.2, 0) is 16.4 Å². The lowest BCUT2D eigenvalue weighted by molar-refractivity contribution is 0.0698. The largest absolute Gasteiger partial charge is 0.478 e. The smallest absolute Gasteiger partial charge is 0.337 e. The number of hydrogen-bond donors (Lipinski definition) is 1. The minimum atomic E-state index is -3.29. The Hall–Kier alpha value is -1.89. The number of fused-ring (bicyclic) bond motifs is 1. The van der Waals surface area contributed by atoms with Gasteiger partial charge in [-0.1, -0.05) is 6.07 Å². The lowest BCUT2D eigenvalue weighted by Gasteiger charge is -2.24. The molecule has 0 saturated carbocycles. The third kappa shape index (κ3) is 2.65. The molecule has 2 aromatic rings. The van der Waals surface area contributed by atoms with E-state index in [1.165, 1.54) is 12.3 Å². The number of nitrogens with zero attached hydrogens (tertiary/aromatic N) is 2. The van der Waals surface area contributed by atoms with Gasteiger partial charge in [-0.15, -0.1) is 0 Å². The molecule has 1 heterocycles. The maximum absolute atomic E-state index is 11.9. The van der Waals surface area contributed by atoms with Gasteiger partial charge < -0.3 is 9.67 Å². The van der Waals surface area contributed by atoms with E-state index in [9.17, 15) is 18.3 Å². The molecule has 0 unspecified atom stereocenters. The van der Waals surface area contributed by atoms with Crippen LogP contribution in [-0.4, -0.2) is 40.0 Å². The molecule has 1 aromatic heterocycles. The molecule has 0 aliphatic carbocycles. The predicted molar refractivity (Wildman–Crippen MR) is 80.4 cm³/mol. The van der Waals surface area contributed by atoms with Crippen LogP contribution >= 0.6 is 0 Å². The molecular weight excluding hydrogens is 292 g/mol. The van der Waals surface area contributed by atoms with Gasteiger partial charge in [0.1, 0.15) is 5.82 Å². The van der Waals surface area contributed by atoms with Crippen LogP contribution in [0.2, 0.25) is 0 Å². The van der Waals surface area contributed by atoms with Crippen molar-refractivity contribution in [3.05, 3.63) is 29.6 Å². The molecule has 21 heavy (non-hydrogen) atoms. The van der Waals surface area contributed by atoms with Crippen LogP contribution in [0.4, 0.5) is 0 Å². The van der Waals surface area contributed by atoms with Crippen molar-refractivity contribution in [2.75, 3.05) is 6.26 Å². The first-order chi connectivity index (χ1) is 9.54. The number of carbonyl (C=O) groups is 1. The monoisotopic (exact) mass is 310 g/mol. The lowest BCUT2D eigenvalue weighted by Crippen LogP contribution is -2.36. The van der Waals surface area contributed by atoms with Crippen LogP contribution in [0.15, 0.2) is 18.2 Å². The number of carboxylic acid groups (broad SMARTS) is 1. The van der Waals surface area contributed by atoms with Crippen molar-refractivity contribution in [3.8, 4) is 0 Å². The first-order valence-corrected chi connectivity index (χ1v) is 8.32. The fourth-order valence-corrected chi connectivity index (χ4v) is 2.53. The zero-order valence-corrected chi connectivity index (χ0v) is 13.2. The number of aromatic nitrogens is 2. The average Bonchev–Trinajstić information content (AvgIpc) is 2.63. The van der Waals surface area contributed by atoms with Crippen molar-refractivity contribution >= 4 is 26.8 Å². The van der Waals surface area contributed by atoms with Crippen LogP contribution in [0.25, 0.3) is 11.0 Å². The zero-order chi connectivity index (χ0) is 16.0. The van der Waals surface area contributed by atoms with Gasteiger partial charge in [-0.05, 0) is 32.9 Å². The number of para-hydroxylation sites is 1. The third-order valence-electron chi connectivity index (χ3n) is 3.73. The highest BCUT2D eigenvalue weighted by Gasteiger charge is 2.32. The molecular formula is C14H18N2O4S. The fourth-order valence-electron chi connectivity index (χ4n) is 2.17. The molecule has 7 heteroatoms. The molecule has 1 N–H and O–H groups in total. The Balaban J connectivity index is 2.70. The van der Waals surface area contributed by atoms with Crippen LogP contribution in [0, 0.1) is 6.92 Å². The predicted octanol–water partition coefficient (Wildman–Crippen LogP) is 1.87. The van der Waals surface area contributed by atoms with Crippen molar-refractivity contribution in [2.45, 2.75) is 32.1 Å². The summed E-state index contributed by atoms with van der Waals surface area (Å²) in [6.07, 6.45) is 1.18. The minimum Gasteiger partial charge on any atom is -0.478 e. The highest BCUT2D eigenvalue weighted by atomic mass is 32.2. The van der Waals surface area contributed by atoms with E-state index < -0.39 is 20.6 Å². The van der Waals surface area contributed by atoms with Crippen molar-refractivity contribution in [1.29, 1.82) is 0 Å². The third-order valence-corrected chi connectivity index (χ3v) is 5.87. The van der Waals surface area contributed by atoms with Gasteiger partial charge in [0.2, 0.25) is 0 Å². The summed E-state index contributed by atoms with van der Waals surface area (Å²) in [6.45, 7) is 5.14. The van der Waals surface area contributed by atoms with E-state index in [4.69, 9.17) is 0 Å². The zero-order valence-electron chi connectivity index (χ0n) is 12.4. The van der Waals surface area contributed by atoms with Crippen LogP contribution in [0.5, 0.6) is 0 Å². The number of carboxylic acids is 1.